The smallest absolute Gasteiger partial charge is 0.260 e. The van der Waals surface area contributed by atoms with E-state index in [4.69, 9.17) is 9.15 Å². The lowest BCUT2D eigenvalue weighted by atomic mass is 10.2. The highest BCUT2D eigenvalue weighted by molar-refractivity contribution is 9.10. The second kappa shape index (κ2) is 10.4. The van der Waals surface area contributed by atoms with Crippen molar-refractivity contribution in [2.24, 2.45) is 0 Å². The van der Waals surface area contributed by atoms with Gasteiger partial charge in [0, 0.05) is 30.2 Å². The Morgan fingerprint density at radius 1 is 1.19 bits per heavy atom. The second-order valence-electron chi connectivity index (χ2n) is 8.52. The van der Waals surface area contributed by atoms with Crippen LogP contribution in [0.3, 0.4) is 0 Å². The molecule has 1 saturated heterocycles. The minimum atomic E-state index is -3.71. The van der Waals surface area contributed by atoms with Crippen molar-refractivity contribution in [3.63, 3.8) is 0 Å². The van der Waals surface area contributed by atoms with Gasteiger partial charge in [0.25, 0.3) is 5.91 Å². The standard InChI is InChI=1S/C25H24BrN3O5S2/c1-28(15-19-4-2-12-33-19)36(31,32)21-9-6-17(7-10-21)24(30)29(16-20-5-3-13-34-20)25-27-22-11-8-18(26)14-23(22)35-25/h3,5-11,13-14,19H,2,4,12,15-16H2,1H3. The molecule has 36 heavy (non-hydrogen) atoms. The van der Waals surface area contributed by atoms with E-state index in [2.05, 4.69) is 20.9 Å². The third kappa shape index (κ3) is 5.25. The number of aromatic nitrogens is 1. The van der Waals surface area contributed by atoms with Crippen LogP contribution < -0.4 is 4.90 Å². The highest BCUT2D eigenvalue weighted by Crippen LogP contribution is 2.33. The lowest BCUT2D eigenvalue weighted by Gasteiger charge is -2.21. The summed E-state index contributed by atoms with van der Waals surface area (Å²) in [6.07, 6.45) is 3.26. The van der Waals surface area contributed by atoms with Crippen molar-refractivity contribution in [3.05, 3.63) is 76.7 Å². The molecule has 188 valence electrons. The molecule has 1 fully saturated rings. The van der Waals surface area contributed by atoms with Crippen molar-refractivity contribution < 1.29 is 22.4 Å². The van der Waals surface area contributed by atoms with Crippen LogP contribution in [-0.2, 0) is 21.3 Å². The van der Waals surface area contributed by atoms with E-state index in [1.165, 1.54) is 39.9 Å². The van der Waals surface area contributed by atoms with Gasteiger partial charge in [0.05, 0.1) is 34.0 Å². The number of halogens is 1. The summed E-state index contributed by atoms with van der Waals surface area (Å²) < 4.78 is 40.3. The third-order valence-electron chi connectivity index (χ3n) is 6.00. The summed E-state index contributed by atoms with van der Waals surface area (Å²) in [5, 5.41) is 0.525. The van der Waals surface area contributed by atoms with Crippen LogP contribution in [0.15, 0.2) is 74.6 Å². The molecule has 1 aliphatic heterocycles. The molecule has 0 radical (unpaired) electrons. The molecule has 0 saturated carbocycles. The summed E-state index contributed by atoms with van der Waals surface area (Å²) in [6, 6.07) is 15.3. The van der Waals surface area contributed by atoms with Crippen LogP contribution in [0, 0.1) is 0 Å². The fourth-order valence-corrected chi connectivity index (χ4v) is 6.78. The largest absolute Gasteiger partial charge is 0.467 e. The van der Waals surface area contributed by atoms with E-state index < -0.39 is 10.0 Å². The topological polar surface area (TPSA) is 93.0 Å². The monoisotopic (exact) mass is 589 g/mol. The number of benzene rings is 2. The fourth-order valence-electron chi connectivity index (χ4n) is 4.06. The Morgan fingerprint density at radius 3 is 2.69 bits per heavy atom. The molecule has 2 aromatic heterocycles. The van der Waals surface area contributed by atoms with Crippen molar-refractivity contribution in [2.75, 3.05) is 25.1 Å². The van der Waals surface area contributed by atoms with Crippen LogP contribution in [-0.4, -0.2) is 49.9 Å². The zero-order valence-electron chi connectivity index (χ0n) is 19.5. The second-order valence-corrected chi connectivity index (χ2v) is 12.5. The maximum Gasteiger partial charge on any atom is 0.260 e. The third-order valence-corrected chi connectivity index (χ3v) is 9.38. The van der Waals surface area contributed by atoms with Gasteiger partial charge in [-0.1, -0.05) is 27.3 Å². The van der Waals surface area contributed by atoms with Gasteiger partial charge < -0.3 is 9.15 Å². The van der Waals surface area contributed by atoms with Crippen molar-refractivity contribution in [1.29, 1.82) is 0 Å². The molecule has 3 heterocycles. The predicted molar refractivity (Wildman–Crippen MR) is 142 cm³/mol. The highest BCUT2D eigenvalue weighted by Gasteiger charge is 2.27. The molecule has 11 heteroatoms. The molecule has 0 spiro atoms. The molecule has 0 N–H and O–H groups in total. The average molecular weight is 591 g/mol. The molecule has 0 aliphatic carbocycles. The quantitative estimate of drug-likeness (QED) is 0.277. The van der Waals surface area contributed by atoms with Gasteiger partial charge in [0.2, 0.25) is 10.0 Å². The highest BCUT2D eigenvalue weighted by atomic mass is 79.9. The number of hydrogen-bond acceptors (Lipinski definition) is 7. The Kier molecular flexibility index (Phi) is 7.27. The maximum atomic E-state index is 13.6. The summed E-state index contributed by atoms with van der Waals surface area (Å²) in [5.41, 5.74) is 1.13. The number of carbonyl (C=O) groups is 1. The van der Waals surface area contributed by atoms with Crippen LogP contribution in [0.25, 0.3) is 10.2 Å². The van der Waals surface area contributed by atoms with Crippen LogP contribution in [0.4, 0.5) is 5.13 Å². The van der Waals surface area contributed by atoms with Gasteiger partial charge in [-0.2, -0.15) is 4.31 Å². The number of anilines is 1. The average Bonchev–Trinajstić information content (AvgIpc) is 3.64. The van der Waals surface area contributed by atoms with Gasteiger partial charge in [-0.15, -0.1) is 0 Å². The molecule has 8 nitrogen and oxygen atoms in total. The van der Waals surface area contributed by atoms with Gasteiger partial charge in [0.15, 0.2) is 5.13 Å². The molecular formula is C25H24BrN3O5S2. The van der Waals surface area contributed by atoms with Gasteiger partial charge in [-0.25, -0.2) is 13.4 Å². The van der Waals surface area contributed by atoms with Crippen molar-refractivity contribution in [2.45, 2.75) is 30.4 Å². The molecule has 2 aromatic carbocycles. The Hall–Kier alpha value is -2.57. The normalized spacial score (nSPS) is 16.1. The van der Waals surface area contributed by atoms with Crippen molar-refractivity contribution in [1.82, 2.24) is 9.29 Å². The van der Waals surface area contributed by atoms with Gasteiger partial charge in [-0.3, -0.25) is 9.69 Å². The zero-order valence-corrected chi connectivity index (χ0v) is 22.7. The summed E-state index contributed by atoms with van der Waals surface area (Å²) in [6.45, 7) is 1.15. The predicted octanol–water partition coefficient (Wildman–Crippen LogP) is 5.30. The van der Waals surface area contributed by atoms with Crippen molar-refractivity contribution in [3.8, 4) is 0 Å². The number of fused-ring (bicyclic) bond motifs is 1. The summed E-state index contributed by atoms with van der Waals surface area (Å²) >= 11 is 4.87. The van der Waals surface area contributed by atoms with Crippen LogP contribution in [0.5, 0.6) is 0 Å². The number of sulfonamides is 1. The first-order chi connectivity index (χ1) is 17.3. The summed E-state index contributed by atoms with van der Waals surface area (Å²) in [7, 11) is -2.16. The Labute approximate surface area is 221 Å². The first-order valence-corrected chi connectivity index (χ1v) is 14.4. The molecule has 1 aliphatic rings. The lowest BCUT2D eigenvalue weighted by Crippen LogP contribution is -2.34. The molecule has 1 unspecified atom stereocenters. The van der Waals surface area contributed by atoms with Crippen molar-refractivity contribution >= 4 is 58.5 Å². The van der Waals surface area contributed by atoms with Crippen LogP contribution in [0.1, 0.15) is 29.0 Å². The lowest BCUT2D eigenvalue weighted by molar-refractivity contribution is 0.0978. The minimum Gasteiger partial charge on any atom is -0.467 e. The number of thiazole rings is 1. The van der Waals surface area contributed by atoms with E-state index in [9.17, 15) is 13.2 Å². The Bertz CT molecular complexity index is 1460. The minimum absolute atomic E-state index is 0.0878. The number of likely N-dealkylation sites (N-methyl/N-ethyl adjacent to an activating group) is 1. The molecule has 0 bridgehead atoms. The fraction of sp³-hybridized carbons (Fsp3) is 0.280. The number of carbonyl (C=O) groups excluding carboxylic acids is 1. The molecular weight excluding hydrogens is 566 g/mol. The van der Waals surface area contributed by atoms with E-state index >= 15 is 0 Å². The van der Waals surface area contributed by atoms with Crippen LogP contribution in [0.2, 0.25) is 0 Å². The number of amides is 1. The van der Waals surface area contributed by atoms with E-state index in [0.29, 0.717) is 29.6 Å². The first kappa shape index (κ1) is 25.1. The van der Waals surface area contributed by atoms with E-state index in [0.717, 1.165) is 27.5 Å². The number of ether oxygens (including phenoxy) is 1. The SMILES string of the molecule is CN(CC1CCCO1)S(=O)(=O)c1ccc(C(=O)N(Cc2ccco2)c2nc3ccc(Br)cc3s2)cc1. The molecule has 1 amide bonds. The number of furan rings is 1. The molecule has 4 aromatic rings. The van der Waals surface area contributed by atoms with Gasteiger partial charge >= 0.3 is 0 Å². The maximum absolute atomic E-state index is 13.6. The Balaban J connectivity index is 1.41. The summed E-state index contributed by atoms with van der Waals surface area (Å²) in [5.74, 6) is 0.305. The zero-order chi connectivity index (χ0) is 25.3. The summed E-state index contributed by atoms with van der Waals surface area (Å²) in [4.78, 5) is 19.9. The number of nitrogens with zero attached hydrogens (tertiary/aromatic N) is 3. The van der Waals surface area contributed by atoms with E-state index in [-0.39, 0.29) is 23.5 Å². The first-order valence-electron chi connectivity index (χ1n) is 11.4. The van der Waals surface area contributed by atoms with E-state index in [1.807, 2.05) is 18.2 Å². The van der Waals surface area contributed by atoms with Crippen LogP contribution >= 0.6 is 27.3 Å². The number of rotatable bonds is 8. The van der Waals surface area contributed by atoms with E-state index in [1.54, 1.807) is 30.3 Å². The van der Waals surface area contributed by atoms with Gasteiger partial charge in [0.1, 0.15) is 5.76 Å². The molecule has 5 rings (SSSR count). The molecule has 1 atom stereocenters. The Morgan fingerprint density at radius 2 is 2.00 bits per heavy atom. The number of hydrogen-bond donors (Lipinski definition) is 0. The van der Waals surface area contributed by atoms with Gasteiger partial charge in [-0.05, 0) is 67.4 Å².